The van der Waals surface area contributed by atoms with E-state index in [1.807, 2.05) is 13.8 Å². The maximum atomic E-state index is 12.8. The number of ether oxygens (including phenoxy) is 5. The van der Waals surface area contributed by atoms with Crippen molar-refractivity contribution in [1.29, 1.82) is 0 Å². The summed E-state index contributed by atoms with van der Waals surface area (Å²) in [6, 6.07) is 0. The van der Waals surface area contributed by atoms with Gasteiger partial charge in [-0.3, -0.25) is 0 Å². The minimum absolute atomic E-state index is 0.00158. The fourth-order valence-corrected chi connectivity index (χ4v) is 2.62. The zero-order valence-electron chi connectivity index (χ0n) is 19.6. The predicted molar refractivity (Wildman–Crippen MR) is 109 cm³/mol. The van der Waals surface area contributed by atoms with E-state index in [0.29, 0.717) is 32.8 Å². The molecule has 13 heteroatoms. The number of unbranched alkanes of at least 4 members (excludes halogenated alkanes) is 2. The van der Waals surface area contributed by atoms with Gasteiger partial charge in [0, 0.05) is 13.2 Å². The second-order valence-electron chi connectivity index (χ2n) is 8.05. The molecule has 1 N–H and O–H groups in total. The summed E-state index contributed by atoms with van der Waals surface area (Å²) in [5.41, 5.74) is -0.342. The molecule has 0 bridgehead atoms. The molecule has 0 aliphatic heterocycles. The van der Waals surface area contributed by atoms with Crippen molar-refractivity contribution >= 4 is 5.97 Å². The molecule has 0 aromatic carbocycles. The van der Waals surface area contributed by atoms with Crippen LogP contribution in [-0.2, 0) is 28.5 Å². The molecule has 1 atom stereocenters. The van der Waals surface area contributed by atoms with E-state index in [-0.39, 0.29) is 31.8 Å². The second-order valence-corrected chi connectivity index (χ2v) is 8.05. The lowest BCUT2D eigenvalue weighted by molar-refractivity contribution is -0.236. The zero-order chi connectivity index (χ0) is 26.1. The lowest BCUT2D eigenvalue weighted by Crippen LogP contribution is -2.41. The van der Waals surface area contributed by atoms with Gasteiger partial charge in [0.1, 0.15) is 0 Å². The number of esters is 1. The van der Waals surface area contributed by atoms with E-state index in [1.165, 1.54) is 0 Å². The maximum Gasteiger partial charge on any atom is 0.425 e. The summed E-state index contributed by atoms with van der Waals surface area (Å²) in [5.74, 6) is -1.77. The molecule has 0 aliphatic rings. The predicted octanol–water partition coefficient (Wildman–Crippen LogP) is 4.20. The summed E-state index contributed by atoms with van der Waals surface area (Å²) in [6.07, 6.45) is -11.3. The van der Waals surface area contributed by atoms with Gasteiger partial charge in [-0.1, -0.05) is 0 Å². The molecule has 1 unspecified atom stereocenters. The van der Waals surface area contributed by atoms with Crippen LogP contribution in [0.25, 0.3) is 0 Å². The highest BCUT2D eigenvalue weighted by molar-refractivity contribution is 5.75. The van der Waals surface area contributed by atoms with Gasteiger partial charge in [-0.2, -0.15) is 26.3 Å². The van der Waals surface area contributed by atoms with Crippen LogP contribution in [-0.4, -0.2) is 88.0 Å². The molecule has 0 fully saturated rings. The van der Waals surface area contributed by atoms with Crippen LogP contribution in [0.1, 0.15) is 52.4 Å². The molecule has 0 aromatic heterocycles. The van der Waals surface area contributed by atoms with Gasteiger partial charge in [0.05, 0.1) is 51.7 Å². The standard InChI is InChI=1S/C21H36F6O7/c1-19(2,7-3-4-10-30-14-9-28)34-16-15-31-11-5-6-12-33-18(29)17(21(25,26)27)32-13-8-20(22,23)24/h17,28H,3-16H2,1-2H3. The van der Waals surface area contributed by atoms with Gasteiger partial charge in [-0.25, -0.2) is 4.79 Å². The molecule has 0 saturated carbocycles. The van der Waals surface area contributed by atoms with Crippen molar-refractivity contribution in [3.05, 3.63) is 0 Å². The largest absolute Gasteiger partial charge is 0.464 e. The monoisotopic (exact) mass is 514 g/mol. The normalized spacial score (nSPS) is 13.8. The first-order valence-electron chi connectivity index (χ1n) is 11.1. The summed E-state index contributed by atoms with van der Waals surface area (Å²) < 4.78 is 99.4. The summed E-state index contributed by atoms with van der Waals surface area (Å²) >= 11 is 0. The van der Waals surface area contributed by atoms with Crippen molar-refractivity contribution in [2.45, 2.75) is 76.4 Å². The highest BCUT2D eigenvalue weighted by Gasteiger charge is 2.47. The molecular formula is C21H36F6O7. The topological polar surface area (TPSA) is 83.5 Å². The van der Waals surface area contributed by atoms with Gasteiger partial charge < -0.3 is 28.8 Å². The summed E-state index contributed by atoms with van der Waals surface area (Å²) in [6.45, 7) is 4.11. The van der Waals surface area contributed by atoms with Crippen LogP contribution in [0.15, 0.2) is 0 Å². The Morgan fingerprint density at radius 2 is 1.35 bits per heavy atom. The molecule has 0 rings (SSSR count). The van der Waals surface area contributed by atoms with Crippen molar-refractivity contribution in [3.8, 4) is 0 Å². The molecule has 0 amide bonds. The Bertz CT molecular complexity index is 527. The molecule has 7 nitrogen and oxygen atoms in total. The summed E-state index contributed by atoms with van der Waals surface area (Å²) in [4.78, 5) is 11.5. The first-order chi connectivity index (χ1) is 15.8. The number of hydrogen-bond donors (Lipinski definition) is 1. The third kappa shape index (κ3) is 19.2. The zero-order valence-corrected chi connectivity index (χ0v) is 19.6. The molecule has 34 heavy (non-hydrogen) atoms. The van der Waals surface area contributed by atoms with E-state index in [4.69, 9.17) is 19.3 Å². The Balaban J connectivity index is 3.87. The van der Waals surface area contributed by atoms with Crippen LogP contribution in [0, 0.1) is 0 Å². The van der Waals surface area contributed by atoms with Gasteiger partial charge in [0.15, 0.2) is 0 Å². The first-order valence-corrected chi connectivity index (χ1v) is 11.1. The molecule has 0 aliphatic carbocycles. The second kappa shape index (κ2) is 17.3. The van der Waals surface area contributed by atoms with E-state index in [2.05, 4.69) is 9.47 Å². The Kier molecular flexibility index (Phi) is 16.7. The van der Waals surface area contributed by atoms with Crippen molar-refractivity contribution in [1.82, 2.24) is 0 Å². The third-order valence-corrected chi connectivity index (χ3v) is 4.38. The summed E-state index contributed by atoms with van der Waals surface area (Å²) in [7, 11) is 0. The lowest BCUT2D eigenvalue weighted by Gasteiger charge is -2.25. The van der Waals surface area contributed by atoms with E-state index in [9.17, 15) is 31.1 Å². The number of hydrogen-bond acceptors (Lipinski definition) is 7. The number of carbonyl (C=O) groups excluding carboxylic acids is 1. The highest BCUT2D eigenvalue weighted by Crippen LogP contribution is 2.26. The van der Waals surface area contributed by atoms with E-state index >= 15 is 0 Å². The molecule has 0 saturated heterocycles. The van der Waals surface area contributed by atoms with E-state index < -0.39 is 37.5 Å². The van der Waals surface area contributed by atoms with Gasteiger partial charge in [0.25, 0.3) is 6.10 Å². The third-order valence-electron chi connectivity index (χ3n) is 4.38. The van der Waals surface area contributed by atoms with Gasteiger partial charge in [-0.05, 0) is 46.0 Å². The van der Waals surface area contributed by atoms with Crippen molar-refractivity contribution in [2.24, 2.45) is 0 Å². The van der Waals surface area contributed by atoms with Crippen LogP contribution in [0.3, 0.4) is 0 Å². The number of halogens is 6. The van der Waals surface area contributed by atoms with Crippen LogP contribution in [0.5, 0.6) is 0 Å². The molecule has 204 valence electrons. The number of carbonyl (C=O) groups is 1. The Morgan fingerprint density at radius 3 is 1.94 bits per heavy atom. The molecule has 0 spiro atoms. The minimum Gasteiger partial charge on any atom is -0.464 e. The van der Waals surface area contributed by atoms with Crippen molar-refractivity contribution in [2.75, 3.05) is 52.9 Å². The fraction of sp³-hybridized carbons (Fsp3) is 0.952. The molecule has 0 heterocycles. The Morgan fingerprint density at radius 1 is 0.765 bits per heavy atom. The molecule has 0 aromatic rings. The van der Waals surface area contributed by atoms with Crippen molar-refractivity contribution < 1.29 is 59.9 Å². The summed E-state index contributed by atoms with van der Waals surface area (Å²) in [5, 5.41) is 8.62. The number of alkyl halides is 6. The van der Waals surface area contributed by atoms with E-state index in [1.54, 1.807) is 0 Å². The van der Waals surface area contributed by atoms with E-state index in [0.717, 1.165) is 19.3 Å². The van der Waals surface area contributed by atoms with Crippen molar-refractivity contribution in [3.63, 3.8) is 0 Å². The van der Waals surface area contributed by atoms with Crippen LogP contribution in [0.4, 0.5) is 26.3 Å². The molecular weight excluding hydrogens is 478 g/mol. The smallest absolute Gasteiger partial charge is 0.425 e. The average Bonchev–Trinajstić information content (AvgIpc) is 2.70. The lowest BCUT2D eigenvalue weighted by atomic mass is 10.0. The quantitative estimate of drug-likeness (QED) is 0.148. The van der Waals surface area contributed by atoms with Crippen LogP contribution < -0.4 is 0 Å². The maximum absolute atomic E-state index is 12.8. The average molecular weight is 515 g/mol. The Hall–Kier alpha value is -1.15. The number of rotatable bonds is 20. The van der Waals surface area contributed by atoms with Gasteiger partial charge in [0.2, 0.25) is 0 Å². The first kappa shape index (κ1) is 32.8. The SMILES string of the molecule is CC(C)(CCCCOCCO)OCCOCCCCOC(=O)C(OCCC(F)(F)F)C(F)(F)F. The van der Waals surface area contributed by atoms with Gasteiger partial charge in [-0.15, -0.1) is 0 Å². The number of aliphatic hydroxyl groups excluding tert-OH is 1. The fourth-order valence-electron chi connectivity index (χ4n) is 2.62. The van der Waals surface area contributed by atoms with Crippen LogP contribution >= 0.6 is 0 Å². The Labute approximate surface area is 196 Å². The highest BCUT2D eigenvalue weighted by atomic mass is 19.4. The minimum atomic E-state index is -5.17. The van der Waals surface area contributed by atoms with Gasteiger partial charge >= 0.3 is 18.3 Å². The number of aliphatic hydroxyl groups is 1. The van der Waals surface area contributed by atoms with Crippen LogP contribution in [0.2, 0.25) is 0 Å². The molecule has 0 radical (unpaired) electrons.